The van der Waals surface area contributed by atoms with Crippen LogP contribution in [0, 0.1) is 0 Å². The van der Waals surface area contributed by atoms with Gasteiger partial charge in [0.25, 0.3) is 0 Å². The highest BCUT2D eigenvalue weighted by Gasteiger charge is 2.37. The van der Waals surface area contributed by atoms with Crippen LogP contribution in [0.3, 0.4) is 0 Å². The Hall–Kier alpha value is -2.61. The molecule has 0 aliphatic heterocycles. The number of fused-ring (bicyclic) bond motifs is 1. The molecule has 1 aromatic carbocycles. The number of amides is 1. The molecule has 0 fully saturated rings. The highest BCUT2D eigenvalue weighted by Crippen LogP contribution is 2.38. The van der Waals surface area contributed by atoms with Crippen molar-refractivity contribution < 1.29 is 18.0 Å². The lowest BCUT2D eigenvalue weighted by molar-refractivity contribution is -0.138. The van der Waals surface area contributed by atoms with Gasteiger partial charge in [-0.15, -0.1) is 0 Å². The molecule has 2 N–H and O–H groups in total. The van der Waals surface area contributed by atoms with Crippen LogP contribution < -0.4 is 5.73 Å². The first-order chi connectivity index (χ1) is 12.7. The Bertz CT molecular complexity index is 1010. The van der Waals surface area contributed by atoms with Gasteiger partial charge in [0.15, 0.2) is 5.65 Å². The fourth-order valence-corrected chi connectivity index (χ4v) is 3.09. The standard InChI is InChI=1S/C18H16ClF3N4O/c1-2-3-4-10-7-11(8-12(17(23)27)16(10)18(20,21)22)13-9-26-15(24-13)6-5-14(19)25-26/h5-9H,2-4H2,1H3,(H2,23,27). The molecule has 0 atom stereocenters. The Balaban J connectivity index is 2.22. The van der Waals surface area contributed by atoms with Crippen LogP contribution in [0.15, 0.2) is 30.5 Å². The van der Waals surface area contributed by atoms with Crippen molar-refractivity contribution in [1.82, 2.24) is 14.6 Å². The van der Waals surface area contributed by atoms with E-state index in [9.17, 15) is 18.0 Å². The molecule has 0 radical (unpaired) electrons. The largest absolute Gasteiger partial charge is 0.417 e. The number of nitrogens with two attached hydrogens (primary N) is 1. The lowest BCUT2D eigenvalue weighted by atomic mass is 9.92. The van der Waals surface area contributed by atoms with Crippen molar-refractivity contribution in [1.29, 1.82) is 0 Å². The monoisotopic (exact) mass is 396 g/mol. The zero-order chi connectivity index (χ0) is 19.8. The number of hydrogen-bond donors (Lipinski definition) is 1. The molecule has 5 nitrogen and oxygen atoms in total. The van der Waals surface area contributed by atoms with Crippen LogP contribution in [0.2, 0.25) is 5.15 Å². The van der Waals surface area contributed by atoms with Crippen molar-refractivity contribution in [3.63, 3.8) is 0 Å². The summed E-state index contributed by atoms with van der Waals surface area (Å²) >= 11 is 5.85. The number of unbranched alkanes of at least 4 members (excludes halogenated alkanes) is 1. The summed E-state index contributed by atoms with van der Waals surface area (Å²) in [5.41, 5.74) is 4.96. The second kappa shape index (κ2) is 7.19. The molecule has 2 heterocycles. The van der Waals surface area contributed by atoms with Crippen LogP contribution in [0.4, 0.5) is 13.2 Å². The van der Waals surface area contributed by atoms with E-state index in [1.807, 2.05) is 6.92 Å². The van der Waals surface area contributed by atoms with Crippen molar-refractivity contribution in [3.8, 4) is 11.3 Å². The SMILES string of the molecule is CCCCc1cc(-c2cn3nc(Cl)ccc3n2)cc(C(N)=O)c1C(F)(F)F. The van der Waals surface area contributed by atoms with E-state index in [0.29, 0.717) is 29.7 Å². The van der Waals surface area contributed by atoms with E-state index in [-0.39, 0.29) is 17.1 Å². The lowest BCUT2D eigenvalue weighted by Crippen LogP contribution is -2.21. The number of alkyl halides is 3. The Morgan fingerprint density at radius 1 is 1.30 bits per heavy atom. The summed E-state index contributed by atoms with van der Waals surface area (Å²) < 4.78 is 42.2. The van der Waals surface area contributed by atoms with E-state index < -0.39 is 23.2 Å². The van der Waals surface area contributed by atoms with Crippen molar-refractivity contribution in [2.75, 3.05) is 0 Å². The molecule has 0 spiro atoms. The van der Waals surface area contributed by atoms with Gasteiger partial charge < -0.3 is 5.73 Å². The summed E-state index contributed by atoms with van der Waals surface area (Å²) in [6, 6.07) is 5.73. The molecule has 142 valence electrons. The maximum absolute atomic E-state index is 13.6. The Morgan fingerprint density at radius 2 is 2.04 bits per heavy atom. The molecule has 1 amide bonds. The summed E-state index contributed by atoms with van der Waals surface area (Å²) in [5, 5.41) is 4.31. The van der Waals surface area contributed by atoms with Gasteiger partial charge in [0.2, 0.25) is 5.91 Å². The first-order valence-corrected chi connectivity index (χ1v) is 8.64. The topological polar surface area (TPSA) is 73.3 Å². The van der Waals surface area contributed by atoms with E-state index in [4.69, 9.17) is 17.3 Å². The van der Waals surface area contributed by atoms with E-state index >= 15 is 0 Å². The first-order valence-electron chi connectivity index (χ1n) is 8.27. The van der Waals surface area contributed by atoms with E-state index in [0.717, 1.165) is 6.07 Å². The number of primary amides is 1. The summed E-state index contributed by atoms with van der Waals surface area (Å²) in [6.45, 7) is 1.88. The van der Waals surface area contributed by atoms with Crippen LogP contribution in [0.25, 0.3) is 16.9 Å². The molecule has 0 saturated carbocycles. The van der Waals surface area contributed by atoms with Gasteiger partial charge in [0, 0.05) is 5.56 Å². The average Bonchev–Trinajstić information content (AvgIpc) is 3.01. The Kier molecular flexibility index (Phi) is 5.10. The lowest BCUT2D eigenvalue weighted by Gasteiger charge is -2.17. The van der Waals surface area contributed by atoms with Gasteiger partial charge in [-0.25, -0.2) is 9.50 Å². The zero-order valence-electron chi connectivity index (χ0n) is 14.3. The molecule has 3 rings (SSSR count). The third kappa shape index (κ3) is 3.90. The smallest absolute Gasteiger partial charge is 0.366 e. The van der Waals surface area contributed by atoms with Crippen LogP contribution in [0.1, 0.15) is 41.3 Å². The number of benzene rings is 1. The van der Waals surface area contributed by atoms with Gasteiger partial charge in [-0.1, -0.05) is 24.9 Å². The predicted octanol–water partition coefficient (Wildman–Crippen LogP) is 4.51. The minimum absolute atomic E-state index is 0.0266. The molecule has 0 bridgehead atoms. The van der Waals surface area contributed by atoms with Gasteiger partial charge >= 0.3 is 6.18 Å². The molecule has 2 aromatic heterocycles. The second-order valence-electron chi connectivity index (χ2n) is 6.11. The fourth-order valence-electron chi connectivity index (χ4n) is 2.94. The van der Waals surface area contributed by atoms with Gasteiger partial charge in [-0.05, 0) is 42.7 Å². The average molecular weight is 397 g/mol. The number of aromatic nitrogens is 3. The molecule has 0 saturated heterocycles. The minimum atomic E-state index is -4.68. The summed E-state index contributed by atoms with van der Waals surface area (Å²) in [4.78, 5) is 16.1. The maximum Gasteiger partial charge on any atom is 0.417 e. The quantitative estimate of drug-likeness (QED) is 0.689. The van der Waals surface area contributed by atoms with Gasteiger partial charge in [0.05, 0.1) is 23.0 Å². The molecule has 27 heavy (non-hydrogen) atoms. The fraction of sp³-hybridized carbons (Fsp3) is 0.278. The van der Waals surface area contributed by atoms with Crippen LogP contribution in [0.5, 0.6) is 0 Å². The third-order valence-electron chi connectivity index (χ3n) is 4.15. The highest BCUT2D eigenvalue weighted by atomic mass is 35.5. The molecule has 0 aliphatic carbocycles. The summed E-state index contributed by atoms with van der Waals surface area (Å²) in [6.07, 6.45) is -1.70. The molecule has 0 unspecified atom stereocenters. The van der Waals surface area contributed by atoms with E-state index in [1.54, 1.807) is 12.1 Å². The van der Waals surface area contributed by atoms with Gasteiger partial charge in [0.1, 0.15) is 5.15 Å². The Labute approximate surface area is 158 Å². The van der Waals surface area contributed by atoms with E-state index in [2.05, 4.69) is 10.1 Å². The number of carbonyl (C=O) groups excluding carboxylic acids is 1. The number of carbonyl (C=O) groups is 1. The first kappa shape index (κ1) is 19.2. The number of hydrogen-bond acceptors (Lipinski definition) is 3. The Morgan fingerprint density at radius 3 is 2.67 bits per heavy atom. The van der Waals surface area contributed by atoms with Crippen LogP contribution >= 0.6 is 11.6 Å². The number of rotatable bonds is 5. The number of aryl methyl sites for hydroxylation is 1. The van der Waals surface area contributed by atoms with Crippen molar-refractivity contribution in [2.45, 2.75) is 32.4 Å². The van der Waals surface area contributed by atoms with Gasteiger partial charge in [-0.2, -0.15) is 18.3 Å². The molecule has 3 aromatic rings. The normalized spacial score (nSPS) is 11.9. The van der Waals surface area contributed by atoms with Crippen molar-refractivity contribution >= 4 is 23.2 Å². The van der Waals surface area contributed by atoms with Crippen molar-refractivity contribution in [2.24, 2.45) is 5.73 Å². The third-order valence-corrected chi connectivity index (χ3v) is 4.35. The van der Waals surface area contributed by atoms with Crippen LogP contribution in [-0.2, 0) is 12.6 Å². The number of nitrogens with zero attached hydrogens (tertiary/aromatic N) is 3. The van der Waals surface area contributed by atoms with E-state index in [1.165, 1.54) is 16.8 Å². The number of halogens is 4. The van der Waals surface area contributed by atoms with Gasteiger partial charge in [-0.3, -0.25) is 4.79 Å². The molecular weight excluding hydrogens is 381 g/mol. The molecular formula is C18H16ClF3N4O. The second-order valence-corrected chi connectivity index (χ2v) is 6.50. The summed E-state index contributed by atoms with van der Waals surface area (Å²) in [7, 11) is 0. The molecule has 0 aliphatic rings. The zero-order valence-corrected chi connectivity index (χ0v) is 15.1. The highest BCUT2D eigenvalue weighted by molar-refractivity contribution is 6.29. The number of imidazole rings is 1. The minimum Gasteiger partial charge on any atom is -0.366 e. The van der Waals surface area contributed by atoms with Crippen LogP contribution in [-0.4, -0.2) is 20.5 Å². The molecule has 9 heteroatoms. The summed E-state index contributed by atoms with van der Waals surface area (Å²) in [5.74, 6) is -1.13. The predicted molar refractivity (Wildman–Crippen MR) is 95.6 cm³/mol. The maximum atomic E-state index is 13.6. The van der Waals surface area contributed by atoms with Crippen molar-refractivity contribution in [3.05, 3.63) is 52.3 Å².